The Morgan fingerprint density at radius 3 is 2.56 bits per heavy atom. The van der Waals surface area contributed by atoms with E-state index in [2.05, 4.69) is 31.1 Å². The molecule has 0 aromatic rings. The summed E-state index contributed by atoms with van der Waals surface area (Å²) in [6, 6.07) is 1.63. The summed E-state index contributed by atoms with van der Waals surface area (Å²) in [6.45, 7) is 7.52. The van der Waals surface area contributed by atoms with Crippen LogP contribution in [0.15, 0.2) is 0 Å². The smallest absolute Gasteiger partial charge is 0.0110 e. The Bertz CT molecular complexity index is 213. The predicted molar refractivity (Wildman–Crippen MR) is 69.6 cm³/mol. The normalized spacial score (nSPS) is 42.2. The minimum Gasteiger partial charge on any atom is -0.317 e. The second-order valence-corrected chi connectivity index (χ2v) is 6.04. The molecule has 1 saturated heterocycles. The summed E-state index contributed by atoms with van der Waals surface area (Å²) in [5, 5.41) is 3.47. The first kappa shape index (κ1) is 12.4. The molecule has 0 aromatic heterocycles. The fourth-order valence-corrected chi connectivity index (χ4v) is 3.38. The van der Waals surface area contributed by atoms with Gasteiger partial charge in [-0.1, -0.05) is 20.3 Å². The molecule has 4 unspecified atom stereocenters. The predicted octanol–water partition coefficient (Wildman–Crippen LogP) is 2.49. The summed E-state index contributed by atoms with van der Waals surface area (Å²) in [4.78, 5) is 2.77. The van der Waals surface area contributed by atoms with Gasteiger partial charge in [-0.25, -0.2) is 0 Å². The molecule has 94 valence electrons. The zero-order valence-corrected chi connectivity index (χ0v) is 11.2. The molecule has 2 nitrogen and oxygen atoms in total. The maximum Gasteiger partial charge on any atom is 0.0110 e. The molecular formula is C14H28N2. The van der Waals surface area contributed by atoms with Gasteiger partial charge in [0.15, 0.2) is 0 Å². The van der Waals surface area contributed by atoms with Gasteiger partial charge < -0.3 is 10.2 Å². The Kier molecular flexibility index (Phi) is 4.26. The number of hydrogen-bond donors (Lipinski definition) is 1. The lowest BCUT2D eigenvalue weighted by Crippen LogP contribution is -2.48. The summed E-state index contributed by atoms with van der Waals surface area (Å²) in [5.41, 5.74) is 0. The van der Waals surface area contributed by atoms with Crippen LogP contribution in [0.5, 0.6) is 0 Å². The van der Waals surface area contributed by atoms with Crippen molar-refractivity contribution in [2.45, 2.75) is 58.0 Å². The summed E-state index contributed by atoms with van der Waals surface area (Å²) in [5.74, 6) is 1.82. The molecule has 0 amide bonds. The van der Waals surface area contributed by atoms with E-state index in [1.54, 1.807) is 0 Å². The monoisotopic (exact) mass is 224 g/mol. The molecular weight excluding hydrogens is 196 g/mol. The Labute approximate surface area is 101 Å². The highest BCUT2D eigenvalue weighted by atomic mass is 15.2. The minimum absolute atomic E-state index is 0.772. The molecule has 0 spiro atoms. The Balaban J connectivity index is 1.87. The number of likely N-dealkylation sites (tertiary alicyclic amines) is 1. The summed E-state index contributed by atoms with van der Waals surface area (Å²) in [6.07, 6.45) is 7.00. The molecule has 0 radical (unpaired) electrons. The first-order valence-corrected chi connectivity index (χ1v) is 7.12. The zero-order valence-electron chi connectivity index (χ0n) is 11.2. The SMILES string of the molecule is CNC1CCCC(N2CCC(C)C(C)C2)C1. The zero-order chi connectivity index (χ0) is 11.5. The van der Waals surface area contributed by atoms with E-state index in [-0.39, 0.29) is 0 Å². The molecule has 1 aliphatic heterocycles. The lowest BCUT2D eigenvalue weighted by molar-refractivity contribution is 0.0698. The summed E-state index contributed by atoms with van der Waals surface area (Å²) in [7, 11) is 2.12. The number of rotatable bonds is 2. The minimum atomic E-state index is 0.772. The fourth-order valence-electron chi connectivity index (χ4n) is 3.38. The molecule has 16 heavy (non-hydrogen) atoms. The van der Waals surface area contributed by atoms with Gasteiger partial charge in [0.1, 0.15) is 0 Å². The van der Waals surface area contributed by atoms with Gasteiger partial charge in [0.05, 0.1) is 0 Å². The second kappa shape index (κ2) is 5.50. The third-order valence-corrected chi connectivity index (χ3v) is 4.94. The van der Waals surface area contributed by atoms with Crippen molar-refractivity contribution < 1.29 is 0 Å². The lowest BCUT2D eigenvalue weighted by Gasteiger charge is -2.43. The molecule has 2 rings (SSSR count). The highest BCUT2D eigenvalue weighted by Crippen LogP contribution is 2.29. The van der Waals surface area contributed by atoms with E-state index in [9.17, 15) is 0 Å². The van der Waals surface area contributed by atoms with Crippen LogP contribution in [0.4, 0.5) is 0 Å². The van der Waals surface area contributed by atoms with E-state index in [0.29, 0.717) is 0 Å². The molecule has 1 N–H and O–H groups in total. The van der Waals surface area contributed by atoms with Crippen molar-refractivity contribution in [1.29, 1.82) is 0 Å². The highest BCUT2D eigenvalue weighted by Gasteiger charge is 2.30. The number of nitrogens with zero attached hydrogens (tertiary/aromatic N) is 1. The summed E-state index contributed by atoms with van der Waals surface area (Å²) < 4.78 is 0. The van der Waals surface area contributed by atoms with Crippen LogP contribution in [0.3, 0.4) is 0 Å². The van der Waals surface area contributed by atoms with Gasteiger partial charge in [0, 0.05) is 18.6 Å². The maximum absolute atomic E-state index is 3.47. The van der Waals surface area contributed by atoms with Crippen molar-refractivity contribution in [3.63, 3.8) is 0 Å². The number of nitrogens with one attached hydrogen (secondary N) is 1. The highest BCUT2D eigenvalue weighted by molar-refractivity contribution is 4.86. The van der Waals surface area contributed by atoms with Crippen molar-refractivity contribution in [3.05, 3.63) is 0 Å². The van der Waals surface area contributed by atoms with Crippen molar-refractivity contribution >= 4 is 0 Å². The molecule has 1 aliphatic carbocycles. The van der Waals surface area contributed by atoms with Crippen molar-refractivity contribution in [3.8, 4) is 0 Å². The van der Waals surface area contributed by atoms with Gasteiger partial charge in [0.25, 0.3) is 0 Å². The molecule has 0 bridgehead atoms. The quantitative estimate of drug-likeness (QED) is 0.775. The topological polar surface area (TPSA) is 15.3 Å². The average Bonchev–Trinajstić information content (AvgIpc) is 2.33. The van der Waals surface area contributed by atoms with E-state index in [0.717, 1.165) is 23.9 Å². The maximum atomic E-state index is 3.47. The van der Waals surface area contributed by atoms with E-state index >= 15 is 0 Å². The average molecular weight is 224 g/mol. The van der Waals surface area contributed by atoms with Crippen LogP contribution in [0.2, 0.25) is 0 Å². The summed E-state index contributed by atoms with van der Waals surface area (Å²) >= 11 is 0. The van der Waals surface area contributed by atoms with Gasteiger partial charge in [-0.05, 0) is 51.1 Å². The van der Waals surface area contributed by atoms with Crippen molar-refractivity contribution in [1.82, 2.24) is 10.2 Å². The third kappa shape index (κ3) is 2.78. The Morgan fingerprint density at radius 2 is 1.88 bits per heavy atom. The largest absolute Gasteiger partial charge is 0.317 e. The third-order valence-electron chi connectivity index (χ3n) is 4.94. The number of hydrogen-bond acceptors (Lipinski definition) is 2. The van der Waals surface area contributed by atoms with Crippen LogP contribution in [0.1, 0.15) is 46.0 Å². The Hall–Kier alpha value is -0.0800. The van der Waals surface area contributed by atoms with Gasteiger partial charge in [-0.3, -0.25) is 0 Å². The van der Waals surface area contributed by atoms with E-state index in [1.807, 2.05) is 0 Å². The van der Waals surface area contributed by atoms with Crippen LogP contribution in [0, 0.1) is 11.8 Å². The Morgan fingerprint density at radius 1 is 1.06 bits per heavy atom. The van der Waals surface area contributed by atoms with Crippen LogP contribution in [-0.4, -0.2) is 37.1 Å². The van der Waals surface area contributed by atoms with Crippen molar-refractivity contribution in [2.24, 2.45) is 11.8 Å². The standard InChI is InChI=1S/C14H28N2/c1-11-7-8-16(10-12(11)2)14-6-4-5-13(9-14)15-3/h11-15H,4-10H2,1-3H3. The first-order valence-electron chi connectivity index (χ1n) is 7.12. The molecule has 1 saturated carbocycles. The van der Waals surface area contributed by atoms with Crippen LogP contribution < -0.4 is 5.32 Å². The van der Waals surface area contributed by atoms with Gasteiger partial charge in [-0.15, -0.1) is 0 Å². The first-order chi connectivity index (χ1) is 7.70. The second-order valence-electron chi connectivity index (χ2n) is 6.04. The van der Waals surface area contributed by atoms with E-state index in [4.69, 9.17) is 0 Å². The van der Waals surface area contributed by atoms with Gasteiger partial charge in [-0.2, -0.15) is 0 Å². The van der Waals surface area contributed by atoms with Crippen molar-refractivity contribution in [2.75, 3.05) is 20.1 Å². The molecule has 1 heterocycles. The fraction of sp³-hybridized carbons (Fsp3) is 1.00. The molecule has 2 heteroatoms. The van der Waals surface area contributed by atoms with E-state index < -0.39 is 0 Å². The molecule has 4 atom stereocenters. The van der Waals surface area contributed by atoms with E-state index in [1.165, 1.54) is 45.2 Å². The molecule has 2 aliphatic rings. The lowest BCUT2D eigenvalue weighted by atomic mass is 9.84. The molecule has 2 fully saturated rings. The van der Waals surface area contributed by atoms with Gasteiger partial charge >= 0.3 is 0 Å². The van der Waals surface area contributed by atoms with Crippen LogP contribution in [0.25, 0.3) is 0 Å². The van der Waals surface area contributed by atoms with Crippen LogP contribution >= 0.6 is 0 Å². The number of piperidine rings is 1. The molecule has 0 aromatic carbocycles. The van der Waals surface area contributed by atoms with Gasteiger partial charge in [0.2, 0.25) is 0 Å². The van der Waals surface area contributed by atoms with Crippen LogP contribution in [-0.2, 0) is 0 Å².